The number of carbonyl (C=O) groups excluding carboxylic acids is 2. The van der Waals surface area contributed by atoms with Crippen LogP contribution in [0.25, 0.3) is 0 Å². The molecule has 0 unspecified atom stereocenters. The van der Waals surface area contributed by atoms with Crippen molar-refractivity contribution in [1.29, 1.82) is 0 Å². The number of ketones is 2. The van der Waals surface area contributed by atoms with Crippen LogP contribution in [-0.2, 0) is 9.59 Å². The first-order valence-corrected chi connectivity index (χ1v) is 12.8. The molecule has 4 aliphatic rings. The standard InChI is InChI=1S/C31H33NO4/c1-18-6-9-20(10-7-18)32-21-13-30(2,3)15-23(33)28(21)27(19-8-11-25-26(12-19)36-17-35-25)29-22(32)14-31(4,5)16-24(29)34/h6-12,27H,13-17H2,1-5H3. The molecule has 5 heteroatoms. The highest BCUT2D eigenvalue weighted by Gasteiger charge is 2.49. The third-order valence-electron chi connectivity index (χ3n) is 7.93. The number of fused-ring (bicyclic) bond motifs is 1. The summed E-state index contributed by atoms with van der Waals surface area (Å²) in [4.78, 5) is 30.1. The number of hydrogen-bond donors (Lipinski definition) is 0. The van der Waals surface area contributed by atoms with Gasteiger partial charge in [-0.3, -0.25) is 9.59 Å². The molecule has 0 saturated carbocycles. The second kappa shape index (κ2) is 7.83. The average molecular weight is 484 g/mol. The van der Waals surface area contributed by atoms with Gasteiger partial charge in [0.15, 0.2) is 23.1 Å². The number of Topliss-reactive ketones (excluding diaryl/α,β-unsaturated/α-hetero) is 2. The molecule has 0 aromatic heterocycles. The van der Waals surface area contributed by atoms with E-state index in [0.717, 1.165) is 46.6 Å². The van der Waals surface area contributed by atoms with Gasteiger partial charge in [0, 0.05) is 47.0 Å². The van der Waals surface area contributed by atoms with Gasteiger partial charge in [-0.05, 0) is 60.4 Å². The summed E-state index contributed by atoms with van der Waals surface area (Å²) in [6.07, 6.45) is 2.48. The molecule has 0 radical (unpaired) electrons. The zero-order valence-corrected chi connectivity index (χ0v) is 21.7. The van der Waals surface area contributed by atoms with Crippen molar-refractivity contribution >= 4 is 17.3 Å². The molecule has 2 heterocycles. The van der Waals surface area contributed by atoms with Gasteiger partial charge < -0.3 is 14.4 Å². The topological polar surface area (TPSA) is 55.8 Å². The minimum absolute atomic E-state index is 0.130. The second-order valence-electron chi connectivity index (χ2n) is 12.3. The average Bonchev–Trinajstić information content (AvgIpc) is 3.25. The van der Waals surface area contributed by atoms with Crippen LogP contribution in [0, 0.1) is 17.8 Å². The maximum absolute atomic E-state index is 13.9. The molecular formula is C31H33NO4. The fourth-order valence-electron chi connectivity index (χ4n) is 6.40. The van der Waals surface area contributed by atoms with E-state index in [1.807, 2.05) is 18.2 Å². The van der Waals surface area contributed by atoms with E-state index < -0.39 is 5.92 Å². The van der Waals surface area contributed by atoms with E-state index in [0.29, 0.717) is 24.3 Å². The van der Waals surface area contributed by atoms with Crippen LogP contribution >= 0.6 is 0 Å². The Balaban J connectivity index is 1.64. The van der Waals surface area contributed by atoms with E-state index in [1.54, 1.807) is 0 Å². The van der Waals surface area contributed by atoms with Crippen LogP contribution in [0.3, 0.4) is 0 Å². The molecule has 0 amide bonds. The van der Waals surface area contributed by atoms with Gasteiger partial charge in [0.1, 0.15) is 0 Å². The van der Waals surface area contributed by atoms with Crippen molar-refractivity contribution in [2.24, 2.45) is 10.8 Å². The van der Waals surface area contributed by atoms with Crippen molar-refractivity contribution in [3.05, 3.63) is 76.1 Å². The van der Waals surface area contributed by atoms with Gasteiger partial charge >= 0.3 is 0 Å². The van der Waals surface area contributed by atoms with E-state index >= 15 is 0 Å². The first kappa shape index (κ1) is 23.1. The van der Waals surface area contributed by atoms with Gasteiger partial charge in [0.2, 0.25) is 6.79 Å². The number of hydrogen-bond acceptors (Lipinski definition) is 5. The molecule has 0 N–H and O–H groups in total. The number of carbonyl (C=O) groups is 2. The number of rotatable bonds is 2. The lowest BCUT2D eigenvalue weighted by Gasteiger charge is -2.49. The normalized spacial score (nSPS) is 22.6. The maximum atomic E-state index is 13.9. The number of nitrogens with zero attached hydrogens (tertiary/aromatic N) is 1. The molecule has 0 atom stereocenters. The van der Waals surface area contributed by atoms with E-state index in [-0.39, 0.29) is 29.2 Å². The summed E-state index contributed by atoms with van der Waals surface area (Å²) in [5, 5.41) is 0. The van der Waals surface area contributed by atoms with Crippen LogP contribution in [0.4, 0.5) is 5.69 Å². The van der Waals surface area contributed by atoms with Crippen LogP contribution in [0.5, 0.6) is 11.5 Å². The number of allylic oxidation sites excluding steroid dienone is 4. The van der Waals surface area contributed by atoms with Crippen LogP contribution in [0.15, 0.2) is 65.0 Å². The SMILES string of the molecule is Cc1ccc(N2C3=C(C(=O)CC(C)(C)C3)C(c3ccc4c(c3)OCO4)C3=C2CC(C)(C)CC3=O)cc1. The van der Waals surface area contributed by atoms with Crippen LogP contribution in [0.1, 0.15) is 70.4 Å². The van der Waals surface area contributed by atoms with Crippen LogP contribution in [-0.4, -0.2) is 18.4 Å². The predicted octanol–water partition coefficient (Wildman–Crippen LogP) is 6.61. The molecular weight excluding hydrogens is 450 g/mol. The van der Waals surface area contributed by atoms with Gasteiger partial charge in [0.25, 0.3) is 0 Å². The Bertz CT molecular complexity index is 1310. The Kier molecular flexibility index (Phi) is 5.02. The minimum atomic E-state index is -0.390. The van der Waals surface area contributed by atoms with Crippen LogP contribution in [0.2, 0.25) is 0 Å². The molecule has 2 aromatic rings. The first-order chi connectivity index (χ1) is 17.0. The quantitative estimate of drug-likeness (QED) is 0.481. The van der Waals surface area contributed by atoms with Crippen LogP contribution < -0.4 is 14.4 Å². The highest BCUT2D eigenvalue weighted by molar-refractivity contribution is 6.08. The summed E-state index contributed by atoms with van der Waals surface area (Å²) in [7, 11) is 0. The summed E-state index contributed by atoms with van der Waals surface area (Å²) < 4.78 is 11.2. The smallest absolute Gasteiger partial charge is 0.231 e. The van der Waals surface area contributed by atoms with Crippen molar-refractivity contribution in [1.82, 2.24) is 0 Å². The predicted molar refractivity (Wildman–Crippen MR) is 139 cm³/mol. The third-order valence-corrected chi connectivity index (χ3v) is 7.93. The fraction of sp³-hybridized carbons (Fsp3) is 0.419. The minimum Gasteiger partial charge on any atom is -0.454 e. The Morgan fingerprint density at radius 3 is 1.89 bits per heavy atom. The Hall–Kier alpha value is -3.34. The summed E-state index contributed by atoms with van der Waals surface area (Å²) >= 11 is 0. The molecule has 2 aliphatic carbocycles. The summed E-state index contributed by atoms with van der Waals surface area (Å²) in [6, 6.07) is 14.3. The first-order valence-electron chi connectivity index (χ1n) is 12.8. The molecule has 0 spiro atoms. The maximum Gasteiger partial charge on any atom is 0.231 e. The van der Waals surface area contributed by atoms with Gasteiger partial charge in [0.05, 0.1) is 0 Å². The van der Waals surface area contributed by atoms with Crippen molar-refractivity contribution in [3.63, 3.8) is 0 Å². The van der Waals surface area contributed by atoms with E-state index in [2.05, 4.69) is 63.8 Å². The summed E-state index contributed by atoms with van der Waals surface area (Å²) in [5.74, 6) is 1.24. The lowest BCUT2D eigenvalue weighted by molar-refractivity contribution is -0.119. The number of aryl methyl sites for hydroxylation is 1. The Labute approximate surface area is 212 Å². The molecule has 2 aromatic carbocycles. The zero-order valence-electron chi connectivity index (χ0n) is 21.7. The van der Waals surface area contributed by atoms with Gasteiger partial charge in [-0.2, -0.15) is 0 Å². The lowest BCUT2D eigenvalue weighted by atomic mass is 9.63. The van der Waals surface area contributed by atoms with E-state index in [9.17, 15) is 9.59 Å². The molecule has 0 bridgehead atoms. The second-order valence-corrected chi connectivity index (χ2v) is 12.3. The molecule has 6 rings (SSSR count). The molecule has 0 fully saturated rings. The molecule has 0 saturated heterocycles. The Morgan fingerprint density at radius 1 is 0.750 bits per heavy atom. The van der Waals surface area contributed by atoms with Gasteiger partial charge in [-0.15, -0.1) is 0 Å². The molecule has 5 nitrogen and oxygen atoms in total. The van der Waals surface area contributed by atoms with Crippen molar-refractivity contribution < 1.29 is 19.1 Å². The fourth-order valence-corrected chi connectivity index (χ4v) is 6.40. The van der Waals surface area contributed by atoms with E-state index in [4.69, 9.17) is 9.47 Å². The number of ether oxygens (including phenoxy) is 2. The summed E-state index contributed by atoms with van der Waals surface area (Å²) in [5.41, 5.74) is 6.39. The monoisotopic (exact) mass is 483 g/mol. The molecule has 36 heavy (non-hydrogen) atoms. The molecule has 2 aliphatic heterocycles. The van der Waals surface area contributed by atoms with Gasteiger partial charge in [-0.25, -0.2) is 0 Å². The largest absolute Gasteiger partial charge is 0.454 e. The van der Waals surface area contributed by atoms with Crippen molar-refractivity contribution in [2.75, 3.05) is 11.7 Å². The summed E-state index contributed by atoms with van der Waals surface area (Å²) in [6.45, 7) is 10.9. The number of benzene rings is 2. The van der Waals surface area contributed by atoms with E-state index in [1.165, 1.54) is 5.56 Å². The zero-order chi connectivity index (χ0) is 25.4. The highest BCUT2D eigenvalue weighted by Crippen LogP contribution is 2.56. The highest BCUT2D eigenvalue weighted by atomic mass is 16.7. The van der Waals surface area contributed by atoms with Gasteiger partial charge in [-0.1, -0.05) is 51.5 Å². The Morgan fingerprint density at radius 2 is 1.31 bits per heavy atom. The molecule has 186 valence electrons. The lowest BCUT2D eigenvalue weighted by Crippen LogP contribution is -2.44. The van der Waals surface area contributed by atoms with Crippen molar-refractivity contribution in [3.8, 4) is 11.5 Å². The van der Waals surface area contributed by atoms with Crippen molar-refractivity contribution in [2.45, 2.75) is 66.2 Å². The third kappa shape index (κ3) is 3.68. The number of anilines is 1.